The molecule has 0 saturated carbocycles. The zero-order valence-corrected chi connectivity index (χ0v) is 11.3. The first-order chi connectivity index (χ1) is 8.23. The van der Waals surface area contributed by atoms with Crippen LogP contribution in [0, 0.1) is 0 Å². The maximum atomic E-state index is 12.0. The van der Waals surface area contributed by atoms with Crippen LogP contribution in [0.2, 0.25) is 0 Å². The van der Waals surface area contributed by atoms with Gasteiger partial charge in [-0.2, -0.15) is 0 Å². The number of carbonyl (C=O) groups excluding carboxylic acids is 1. The molecule has 1 saturated heterocycles. The maximum Gasteiger partial charge on any atom is 0.329 e. The summed E-state index contributed by atoms with van der Waals surface area (Å²) in [6.45, 7) is 7.80. The number of hydrogen-bond acceptors (Lipinski definition) is 4. The fraction of sp³-hybridized carbons (Fsp3) is 0.667. The number of anilines is 1. The highest BCUT2D eigenvalue weighted by atomic mass is 16.5. The van der Waals surface area contributed by atoms with E-state index in [9.17, 15) is 9.90 Å². The van der Waals surface area contributed by atoms with Crippen molar-refractivity contribution >= 4 is 11.9 Å². The predicted octanol–water partition coefficient (Wildman–Crippen LogP) is 1.55. The number of nitrogens with zero attached hydrogens (tertiary/aromatic N) is 3. The van der Waals surface area contributed by atoms with Crippen molar-refractivity contribution in [3.05, 3.63) is 11.8 Å². The summed E-state index contributed by atoms with van der Waals surface area (Å²) >= 11 is 0. The van der Waals surface area contributed by atoms with Crippen LogP contribution in [0.3, 0.4) is 0 Å². The van der Waals surface area contributed by atoms with Crippen LogP contribution in [0.25, 0.3) is 0 Å². The highest BCUT2D eigenvalue weighted by molar-refractivity contribution is 5.93. The molecule has 0 aromatic carbocycles. The smallest absolute Gasteiger partial charge is 0.329 e. The minimum absolute atomic E-state index is 0.160. The number of urea groups is 1. The third-order valence-electron chi connectivity index (χ3n) is 3.32. The van der Waals surface area contributed by atoms with Crippen LogP contribution in [0.1, 0.15) is 33.4 Å². The van der Waals surface area contributed by atoms with E-state index in [4.69, 9.17) is 4.52 Å². The van der Waals surface area contributed by atoms with E-state index in [1.54, 1.807) is 20.0 Å². The molecule has 1 aliphatic heterocycles. The molecule has 0 radical (unpaired) electrons. The number of aliphatic hydroxyl groups is 1. The average Bonchev–Trinajstić information content (AvgIpc) is 2.81. The average molecular weight is 253 g/mol. The fourth-order valence-electron chi connectivity index (χ4n) is 1.83. The lowest BCUT2D eigenvalue weighted by Gasteiger charge is -2.16. The molecule has 1 aromatic heterocycles. The van der Waals surface area contributed by atoms with Gasteiger partial charge in [-0.1, -0.05) is 25.9 Å². The van der Waals surface area contributed by atoms with Gasteiger partial charge < -0.3 is 14.5 Å². The monoisotopic (exact) mass is 253 g/mol. The van der Waals surface area contributed by atoms with Gasteiger partial charge in [0.15, 0.2) is 6.23 Å². The molecule has 1 N–H and O–H groups in total. The minimum atomic E-state index is -0.914. The van der Waals surface area contributed by atoms with Gasteiger partial charge >= 0.3 is 6.03 Å². The zero-order chi connectivity index (χ0) is 13.7. The number of aliphatic hydroxyl groups excluding tert-OH is 1. The van der Waals surface area contributed by atoms with Crippen LogP contribution in [0.4, 0.5) is 10.7 Å². The lowest BCUT2D eigenvalue weighted by molar-refractivity contribution is 0.135. The van der Waals surface area contributed by atoms with E-state index in [1.165, 1.54) is 9.80 Å². The first-order valence-corrected chi connectivity index (χ1v) is 5.95. The van der Waals surface area contributed by atoms with Gasteiger partial charge in [-0.15, -0.1) is 0 Å². The standard InChI is InChI=1S/C12H19N3O3/c1-7-10(16)15(11(17)14(7)5)9-6-8(13-18-9)12(2,3)4/h6-7,10,16H,1-5H3. The van der Waals surface area contributed by atoms with Crippen molar-refractivity contribution in [2.45, 2.75) is 45.4 Å². The minimum Gasteiger partial charge on any atom is -0.371 e. The summed E-state index contributed by atoms with van der Waals surface area (Å²) in [4.78, 5) is 14.7. The summed E-state index contributed by atoms with van der Waals surface area (Å²) in [5.74, 6) is 0.286. The second-order valence-corrected chi connectivity index (χ2v) is 5.72. The summed E-state index contributed by atoms with van der Waals surface area (Å²) in [5, 5.41) is 14.0. The molecule has 0 aliphatic carbocycles. The molecule has 0 bridgehead atoms. The van der Waals surface area contributed by atoms with Crippen molar-refractivity contribution < 1.29 is 14.4 Å². The first kappa shape index (κ1) is 12.9. The quantitative estimate of drug-likeness (QED) is 0.824. The van der Waals surface area contributed by atoms with E-state index in [0.29, 0.717) is 0 Å². The normalized spacial score (nSPS) is 25.1. The molecule has 18 heavy (non-hydrogen) atoms. The van der Waals surface area contributed by atoms with Crippen LogP contribution < -0.4 is 4.90 Å². The Hall–Kier alpha value is -1.56. The van der Waals surface area contributed by atoms with E-state index in [-0.39, 0.29) is 23.4 Å². The van der Waals surface area contributed by atoms with Crippen molar-refractivity contribution in [2.24, 2.45) is 0 Å². The van der Waals surface area contributed by atoms with Gasteiger partial charge in [-0.25, -0.2) is 9.69 Å². The number of hydrogen-bond donors (Lipinski definition) is 1. The molecule has 0 spiro atoms. The van der Waals surface area contributed by atoms with Gasteiger partial charge in [-0.3, -0.25) is 0 Å². The summed E-state index contributed by atoms with van der Waals surface area (Å²) in [6, 6.07) is 1.14. The Morgan fingerprint density at radius 1 is 1.44 bits per heavy atom. The fourth-order valence-corrected chi connectivity index (χ4v) is 1.83. The van der Waals surface area contributed by atoms with E-state index >= 15 is 0 Å². The molecule has 2 heterocycles. The largest absolute Gasteiger partial charge is 0.371 e. The molecule has 1 aliphatic rings. The number of amides is 2. The first-order valence-electron chi connectivity index (χ1n) is 5.95. The summed E-state index contributed by atoms with van der Waals surface area (Å²) in [7, 11) is 1.65. The maximum absolute atomic E-state index is 12.0. The Labute approximate surface area is 106 Å². The molecule has 6 nitrogen and oxygen atoms in total. The Kier molecular flexibility index (Phi) is 2.85. The highest BCUT2D eigenvalue weighted by Gasteiger charge is 2.43. The molecule has 2 unspecified atom stereocenters. The molecule has 6 heteroatoms. The molecule has 2 rings (SSSR count). The van der Waals surface area contributed by atoms with Crippen LogP contribution in [0.5, 0.6) is 0 Å². The summed E-state index contributed by atoms with van der Waals surface area (Å²) < 4.78 is 5.18. The van der Waals surface area contributed by atoms with Crippen LogP contribution >= 0.6 is 0 Å². The Morgan fingerprint density at radius 2 is 2.06 bits per heavy atom. The molecule has 2 amide bonds. The van der Waals surface area contributed by atoms with Crippen LogP contribution in [-0.4, -0.2) is 40.5 Å². The molecular formula is C12H19N3O3. The van der Waals surface area contributed by atoms with Crippen LogP contribution in [0.15, 0.2) is 10.6 Å². The van der Waals surface area contributed by atoms with Gasteiger partial charge in [-0.05, 0) is 6.92 Å². The zero-order valence-electron chi connectivity index (χ0n) is 11.3. The second-order valence-electron chi connectivity index (χ2n) is 5.72. The summed E-state index contributed by atoms with van der Waals surface area (Å²) in [6.07, 6.45) is -0.914. The lowest BCUT2D eigenvalue weighted by Crippen LogP contribution is -2.35. The predicted molar refractivity (Wildman–Crippen MR) is 66.3 cm³/mol. The molecule has 2 atom stereocenters. The van der Waals surface area contributed by atoms with E-state index in [2.05, 4.69) is 5.16 Å². The molecule has 1 fully saturated rings. The van der Waals surface area contributed by atoms with E-state index in [1.807, 2.05) is 20.8 Å². The van der Waals surface area contributed by atoms with Crippen LogP contribution in [-0.2, 0) is 5.41 Å². The molecule has 100 valence electrons. The van der Waals surface area contributed by atoms with E-state index in [0.717, 1.165) is 5.69 Å². The third kappa shape index (κ3) is 1.86. The van der Waals surface area contributed by atoms with Crippen molar-refractivity contribution in [1.82, 2.24) is 10.1 Å². The van der Waals surface area contributed by atoms with Gasteiger partial charge in [0.05, 0.1) is 11.7 Å². The number of aromatic nitrogens is 1. The SMILES string of the molecule is CC1C(O)N(c2cc(C(C)(C)C)no2)C(=O)N1C. The van der Waals surface area contributed by atoms with Gasteiger partial charge in [0, 0.05) is 18.5 Å². The Bertz CT molecular complexity index is 463. The Balaban J connectivity index is 2.33. The van der Waals surface area contributed by atoms with E-state index < -0.39 is 6.23 Å². The molecular weight excluding hydrogens is 234 g/mol. The van der Waals surface area contributed by atoms with Crippen molar-refractivity contribution in [2.75, 3.05) is 11.9 Å². The van der Waals surface area contributed by atoms with Gasteiger partial charge in [0.25, 0.3) is 0 Å². The number of likely N-dealkylation sites (N-methyl/N-ethyl adjacent to an activating group) is 1. The van der Waals surface area contributed by atoms with Gasteiger partial charge in [0.2, 0.25) is 5.88 Å². The van der Waals surface area contributed by atoms with Crippen molar-refractivity contribution in [1.29, 1.82) is 0 Å². The molecule has 1 aromatic rings. The Morgan fingerprint density at radius 3 is 2.44 bits per heavy atom. The van der Waals surface area contributed by atoms with Crippen molar-refractivity contribution in [3.63, 3.8) is 0 Å². The number of carbonyl (C=O) groups is 1. The summed E-state index contributed by atoms with van der Waals surface area (Å²) in [5.41, 5.74) is 0.590. The highest BCUT2D eigenvalue weighted by Crippen LogP contribution is 2.30. The lowest BCUT2D eigenvalue weighted by atomic mass is 9.92. The number of rotatable bonds is 1. The third-order valence-corrected chi connectivity index (χ3v) is 3.32. The second kappa shape index (κ2) is 3.98. The topological polar surface area (TPSA) is 69.8 Å². The van der Waals surface area contributed by atoms with Crippen molar-refractivity contribution in [3.8, 4) is 0 Å². The van der Waals surface area contributed by atoms with Gasteiger partial charge in [0.1, 0.15) is 0 Å².